The number of aromatic amines is 1. The van der Waals surface area contributed by atoms with Crippen LogP contribution in [0.1, 0.15) is 34.8 Å². The van der Waals surface area contributed by atoms with Gasteiger partial charge >= 0.3 is 0 Å². The molecule has 98 valence electrons. The van der Waals surface area contributed by atoms with Crippen molar-refractivity contribution in [3.05, 3.63) is 45.6 Å². The minimum Gasteiger partial charge on any atom is -0.305 e. The van der Waals surface area contributed by atoms with Crippen LogP contribution < -0.4 is 5.32 Å². The molecule has 1 aromatic carbocycles. The van der Waals surface area contributed by atoms with Gasteiger partial charge < -0.3 is 5.32 Å². The molecule has 4 nitrogen and oxygen atoms in total. The number of aromatic nitrogens is 2. The fourth-order valence-corrected chi connectivity index (χ4v) is 2.25. The van der Waals surface area contributed by atoms with Gasteiger partial charge in [0, 0.05) is 17.7 Å². The highest BCUT2D eigenvalue weighted by Gasteiger charge is 2.25. The van der Waals surface area contributed by atoms with Crippen molar-refractivity contribution < 1.29 is 4.79 Å². The third-order valence-electron chi connectivity index (χ3n) is 3.05. The van der Waals surface area contributed by atoms with Crippen LogP contribution in [-0.4, -0.2) is 16.1 Å². The SMILES string of the molecule is O=C(Nc1cc(C2CC2)[nH]n1)c1cccc(Cl)c1Cl. The molecular formula is C13H11Cl2N3O. The molecule has 6 heteroatoms. The van der Waals surface area contributed by atoms with E-state index in [4.69, 9.17) is 23.2 Å². The summed E-state index contributed by atoms with van der Waals surface area (Å²) in [5.41, 5.74) is 1.40. The van der Waals surface area contributed by atoms with E-state index in [1.165, 1.54) is 12.8 Å². The molecule has 0 atom stereocenters. The molecule has 0 spiro atoms. The lowest BCUT2D eigenvalue weighted by Gasteiger charge is -2.04. The quantitative estimate of drug-likeness (QED) is 0.904. The number of carbonyl (C=O) groups is 1. The molecule has 19 heavy (non-hydrogen) atoms. The average molecular weight is 296 g/mol. The summed E-state index contributed by atoms with van der Waals surface area (Å²) in [5, 5.41) is 10.3. The van der Waals surface area contributed by atoms with Gasteiger partial charge in [0.05, 0.1) is 15.6 Å². The Morgan fingerprint density at radius 1 is 1.37 bits per heavy atom. The number of H-pyrrole nitrogens is 1. The zero-order valence-corrected chi connectivity index (χ0v) is 11.4. The summed E-state index contributed by atoms with van der Waals surface area (Å²) >= 11 is 11.9. The summed E-state index contributed by atoms with van der Waals surface area (Å²) < 4.78 is 0. The van der Waals surface area contributed by atoms with E-state index in [1.807, 2.05) is 6.07 Å². The van der Waals surface area contributed by atoms with Crippen molar-refractivity contribution >= 4 is 34.9 Å². The lowest BCUT2D eigenvalue weighted by Crippen LogP contribution is -2.12. The van der Waals surface area contributed by atoms with Crippen LogP contribution in [0.3, 0.4) is 0 Å². The highest BCUT2D eigenvalue weighted by atomic mass is 35.5. The van der Waals surface area contributed by atoms with E-state index in [0.717, 1.165) is 5.69 Å². The summed E-state index contributed by atoms with van der Waals surface area (Å²) in [6.45, 7) is 0. The van der Waals surface area contributed by atoms with Gasteiger partial charge in [-0.05, 0) is 25.0 Å². The van der Waals surface area contributed by atoms with Gasteiger partial charge in [-0.1, -0.05) is 29.3 Å². The fourth-order valence-electron chi connectivity index (χ4n) is 1.87. The summed E-state index contributed by atoms with van der Waals surface area (Å²) in [6.07, 6.45) is 2.35. The molecule has 1 fully saturated rings. The van der Waals surface area contributed by atoms with E-state index in [1.54, 1.807) is 18.2 Å². The summed E-state index contributed by atoms with van der Waals surface area (Å²) in [5.74, 6) is 0.747. The Morgan fingerprint density at radius 3 is 2.89 bits per heavy atom. The van der Waals surface area contributed by atoms with Crippen LogP contribution in [-0.2, 0) is 0 Å². The first kappa shape index (κ1) is 12.5. The molecule has 0 bridgehead atoms. The predicted molar refractivity (Wildman–Crippen MR) is 75.0 cm³/mol. The number of nitrogens with one attached hydrogen (secondary N) is 2. The van der Waals surface area contributed by atoms with Crippen LogP contribution >= 0.6 is 23.2 Å². The van der Waals surface area contributed by atoms with Crippen molar-refractivity contribution in [1.82, 2.24) is 10.2 Å². The second-order valence-electron chi connectivity index (χ2n) is 4.54. The Hall–Kier alpha value is -1.52. The molecule has 1 aromatic heterocycles. The van der Waals surface area contributed by atoms with E-state index < -0.39 is 0 Å². The Labute approximate surface area is 120 Å². The first-order chi connectivity index (χ1) is 9.15. The summed E-state index contributed by atoms with van der Waals surface area (Å²) in [7, 11) is 0. The zero-order chi connectivity index (χ0) is 13.4. The van der Waals surface area contributed by atoms with Gasteiger partial charge in [0.1, 0.15) is 0 Å². The van der Waals surface area contributed by atoms with E-state index in [2.05, 4.69) is 15.5 Å². The standard InChI is InChI=1S/C13H11Cl2N3O/c14-9-3-1-2-8(12(9)15)13(19)16-11-6-10(17-18-11)7-4-5-7/h1-3,6-7H,4-5H2,(H2,16,17,18,19). The number of anilines is 1. The average Bonchev–Trinajstić information content (AvgIpc) is 3.14. The van der Waals surface area contributed by atoms with E-state index >= 15 is 0 Å². The van der Waals surface area contributed by atoms with Gasteiger partial charge in [-0.3, -0.25) is 9.89 Å². The number of amides is 1. The Morgan fingerprint density at radius 2 is 2.16 bits per heavy atom. The van der Waals surface area contributed by atoms with Crippen LogP contribution in [0.5, 0.6) is 0 Å². The lowest BCUT2D eigenvalue weighted by atomic mass is 10.2. The van der Waals surface area contributed by atoms with Crippen LogP contribution in [0, 0.1) is 0 Å². The number of hydrogen-bond donors (Lipinski definition) is 2. The smallest absolute Gasteiger partial charge is 0.258 e. The second-order valence-corrected chi connectivity index (χ2v) is 5.32. The summed E-state index contributed by atoms with van der Waals surface area (Å²) in [6, 6.07) is 6.80. The second kappa shape index (κ2) is 4.87. The van der Waals surface area contributed by atoms with Gasteiger partial charge in [-0.25, -0.2) is 0 Å². The third kappa shape index (κ3) is 2.60. The first-order valence-corrected chi connectivity index (χ1v) is 6.71. The monoisotopic (exact) mass is 295 g/mol. The molecule has 1 aliphatic rings. The fraction of sp³-hybridized carbons (Fsp3) is 0.231. The van der Waals surface area contributed by atoms with Crippen LogP contribution in [0.4, 0.5) is 5.82 Å². The molecule has 1 aliphatic carbocycles. The number of benzene rings is 1. The third-order valence-corrected chi connectivity index (χ3v) is 3.87. The largest absolute Gasteiger partial charge is 0.305 e. The van der Waals surface area contributed by atoms with Crippen molar-refractivity contribution in [2.45, 2.75) is 18.8 Å². The molecule has 2 N–H and O–H groups in total. The minimum absolute atomic E-state index is 0.250. The molecule has 0 aliphatic heterocycles. The maximum absolute atomic E-state index is 12.1. The Balaban J connectivity index is 1.78. The van der Waals surface area contributed by atoms with Crippen LogP contribution in [0.15, 0.2) is 24.3 Å². The van der Waals surface area contributed by atoms with Gasteiger partial charge in [0.15, 0.2) is 5.82 Å². The molecule has 1 amide bonds. The van der Waals surface area contributed by atoms with Gasteiger partial charge in [0.2, 0.25) is 0 Å². The van der Waals surface area contributed by atoms with Crippen molar-refractivity contribution in [1.29, 1.82) is 0 Å². The van der Waals surface area contributed by atoms with Gasteiger partial charge in [-0.2, -0.15) is 5.10 Å². The number of rotatable bonds is 3. The topological polar surface area (TPSA) is 57.8 Å². The Bertz CT molecular complexity index is 635. The maximum Gasteiger partial charge on any atom is 0.258 e. The van der Waals surface area contributed by atoms with Crippen molar-refractivity contribution in [2.24, 2.45) is 0 Å². The molecule has 0 unspecified atom stereocenters. The molecule has 1 saturated carbocycles. The van der Waals surface area contributed by atoms with E-state index in [9.17, 15) is 4.79 Å². The molecular weight excluding hydrogens is 285 g/mol. The molecule has 2 aromatic rings. The van der Waals surface area contributed by atoms with Crippen LogP contribution in [0.2, 0.25) is 10.0 Å². The highest BCUT2D eigenvalue weighted by molar-refractivity contribution is 6.44. The lowest BCUT2D eigenvalue weighted by molar-refractivity contribution is 0.102. The van der Waals surface area contributed by atoms with E-state index in [0.29, 0.717) is 22.3 Å². The van der Waals surface area contributed by atoms with Crippen molar-refractivity contribution in [2.75, 3.05) is 5.32 Å². The first-order valence-electron chi connectivity index (χ1n) is 5.96. The highest BCUT2D eigenvalue weighted by Crippen LogP contribution is 2.39. The van der Waals surface area contributed by atoms with E-state index in [-0.39, 0.29) is 10.9 Å². The normalized spacial score (nSPS) is 14.4. The van der Waals surface area contributed by atoms with Gasteiger partial charge in [-0.15, -0.1) is 0 Å². The number of halogens is 2. The maximum atomic E-state index is 12.1. The molecule has 3 rings (SSSR count). The van der Waals surface area contributed by atoms with Crippen molar-refractivity contribution in [3.8, 4) is 0 Å². The zero-order valence-electron chi connectivity index (χ0n) is 9.91. The van der Waals surface area contributed by atoms with Gasteiger partial charge in [0.25, 0.3) is 5.91 Å². The Kier molecular flexibility index (Phi) is 3.21. The van der Waals surface area contributed by atoms with Crippen molar-refractivity contribution in [3.63, 3.8) is 0 Å². The molecule has 0 saturated heterocycles. The van der Waals surface area contributed by atoms with Crippen LogP contribution in [0.25, 0.3) is 0 Å². The molecule has 1 heterocycles. The number of hydrogen-bond acceptors (Lipinski definition) is 2. The number of carbonyl (C=O) groups excluding carboxylic acids is 1. The minimum atomic E-state index is -0.318. The summed E-state index contributed by atoms with van der Waals surface area (Å²) in [4.78, 5) is 12.1. The predicted octanol–water partition coefficient (Wildman–Crippen LogP) is 3.85. The molecule has 0 radical (unpaired) electrons. The number of nitrogens with zero attached hydrogens (tertiary/aromatic N) is 1.